The van der Waals surface area contributed by atoms with Crippen LogP contribution < -0.4 is 0 Å². The maximum Gasteiger partial charge on any atom is 0.0897 e. The first kappa shape index (κ1) is 12.7. The Morgan fingerprint density at radius 3 is 2.63 bits per heavy atom. The van der Waals surface area contributed by atoms with E-state index in [1.165, 1.54) is 5.39 Å². The normalized spacial score (nSPS) is 28.1. The number of benzene rings is 1. The average Bonchev–Trinajstić information content (AvgIpc) is 2.86. The van der Waals surface area contributed by atoms with Gasteiger partial charge in [0.2, 0.25) is 0 Å². The van der Waals surface area contributed by atoms with Crippen LogP contribution in [0.1, 0.15) is 45.1 Å². The summed E-state index contributed by atoms with van der Waals surface area (Å²) >= 11 is 0. The van der Waals surface area contributed by atoms with E-state index in [2.05, 4.69) is 43.1 Å². The zero-order valence-electron chi connectivity index (χ0n) is 11.8. The van der Waals surface area contributed by atoms with E-state index in [1.807, 2.05) is 6.20 Å². The van der Waals surface area contributed by atoms with Crippen LogP contribution in [0.4, 0.5) is 0 Å². The van der Waals surface area contributed by atoms with Gasteiger partial charge in [-0.25, -0.2) is 0 Å². The summed E-state index contributed by atoms with van der Waals surface area (Å²) in [6, 6.07) is 8.37. The second-order valence-corrected chi connectivity index (χ2v) is 6.39. The molecule has 1 aliphatic rings. The number of rotatable bonds is 2. The highest BCUT2D eigenvalue weighted by atomic mass is 16.3. The summed E-state index contributed by atoms with van der Waals surface area (Å²) in [7, 11) is 0. The van der Waals surface area contributed by atoms with Crippen LogP contribution in [0.5, 0.6) is 0 Å². The fourth-order valence-electron chi connectivity index (χ4n) is 3.42. The molecule has 19 heavy (non-hydrogen) atoms. The van der Waals surface area contributed by atoms with Crippen molar-refractivity contribution in [2.75, 3.05) is 0 Å². The maximum atomic E-state index is 10.9. The Hall–Kier alpha value is -1.28. The van der Waals surface area contributed by atoms with Gasteiger partial charge in [0.05, 0.1) is 5.60 Å². The number of hydrogen-bond acceptors (Lipinski definition) is 1. The van der Waals surface area contributed by atoms with Gasteiger partial charge in [-0.05, 0) is 66.7 Å². The first-order valence-corrected chi connectivity index (χ1v) is 7.38. The number of nitrogens with one attached hydrogen (secondary N) is 1. The lowest BCUT2D eigenvalue weighted by molar-refractivity contribution is -0.0198. The highest BCUT2D eigenvalue weighted by Crippen LogP contribution is 2.42. The first-order valence-electron chi connectivity index (χ1n) is 7.38. The second-order valence-electron chi connectivity index (χ2n) is 6.39. The van der Waals surface area contributed by atoms with E-state index in [9.17, 15) is 5.11 Å². The fraction of sp³-hybridized carbons (Fsp3) is 0.529. The van der Waals surface area contributed by atoms with Crippen molar-refractivity contribution in [3.63, 3.8) is 0 Å². The van der Waals surface area contributed by atoms with Gasteiger partial charge >= 0.3 is 0 Å². The molecule has 0 bridgehead atoms. The molecule has 0 amide bonds. The van der Waals surface area contributed by atoms with E-state index in [-0.39, 0.29) is 0 Å². The van der Waals surface area contributed by atoms with Crippen LogP contribution >= 0.6 is 0 Å². The van der Waals surface area contributed by atoms with Crippen LogP contribution in [0.2, 0.25) is 0 Å². The smallest absolute Gasteiger partial charge is 0.0897 e. The standard InChI is InChI=1S/C17H23NO/c1-12(2)13-5-8-17(19,9-6-13)15-3-4-16-14(11-15)7-10-18-16/h3-4,7,10-13,18-19H,5-6,8-9H2,1-2H3. The lowest BCUT2D eigenvalue weighted by atomic mass is 9.72. The van der Waals surface area contributed by atoms with E-state index >= 15 is 0 Å². The van der Waals surface area contributed by atoms with Gasteiger partial charge in [0, 0.05) is 11.7 Å². The molecule has 1 aromatic carbocycles. The molecule has 0 unspecified atom stereocenters. The Morgan fingerprint density at radius 1 is 1.21 bits per heavy atom. The average molecular weight is 257 g/mol. The number of hydrogen-bond donors (Lipinski definition) is 2. The van der Waals surface area contributed by atoms with Gasteiger partial charge in [0.1, 0.15) is 0 Å². The maximum absolute atomic E-state index is 10.9. The Balaban J connectivity index is 1.84. The molecule has 0 radical (unpaired) electrons. The molecule has 102 valence electrons. The summed E-state index contributed by atoms with van der Waals surface area (Å²) in [5.41, 5.74) is 1.61. The molecule has 2 heteroatoms. The molecule has 1 aromatic heterocycles. The quantitative estimate of drug-likeness (QED) is 0.831. The Morgan fingerprint density at radius 2 is 1.95 bits per heavy atom. The summed E-state index contributed by atoms with van der Waals surface area (Å²) in [4.78, 5) is 3.20. The number of aliphatic hydroxyl groups is 1. The Kier molecular flexibility index (Phi) is 3.14. The lowest BCUT2D eigenvalue weighted by Crippen LogP contribution is -2.32. The fourth-order valence-corrected chi connectivity index (χ4v) is 3.42. The van der Waals surface area contributed by atoms with Gasteiger partial charge in [-0.1, -0.05) is 19.9 Å². The van der Waals surface area contributed by atoms with Crippen LogP contribution in [0.25, 0.3) is 10.9 Å². The van der Waals surface area contributed by atoms with Crippen LogP contribution in [-0.2, 0) is 5.60 Å². The molecule has 1 heterocycles. The van der Waals surface area contributed by atoms with Crippen LogP contribution in [0, 0.1) is 11.8 Å². The summed E-state index contributed by atoms with van der Waals surface area (Å²) in [5, 5.41) is 12.1. The van der Waals surface area contributed by atoms with E-state index in [0.717, 1.165) is 48.6 Å². The number of aromatic amines is 1. The van der Waals surface area contributed by atoms with Gasteiger partial charge in [0.25, 0.3) is 0 Å². The molecule has 0 saturated heterocycles. The molecule has 1 fully saturated rings. The van der Waals surface area contributed by atoms with Gasteiger partial charge in [-0.15, -0.1) is 0 Å². The molecule has 2 N–H and O–H groups in total. The topological polar surface area (TPSA) is 36.0 Å². The minimum atomic E-state index is -0.614. The van der Waals surface area contributed by atoms with Gasteiger partial charge in [-0.2, -0.15) is 0 Å². The van der Waals surface area contributed by atoms with Gasteiger partial charge in [0.15, 0.2) is 0 Å². The number of H-pyrrole nitrogens is 1. The Bertz CT molecular complexity index is 561. The summed E-state index contributed by atoms with van der Waals surface area (Å²) in [6.45, 7) is 4.59. The molecule has 2 aromatic rings. The zero-order valence-corrected chi connectivity index (χ0v) is 11.8. The molecule has 1 aliphatic carbocycles. The lowest BCUT2D eigenvalue weighted by Gasteiger charge is -2.38. The largest absolute Gasteiger partial charge is 0.385 e. The molecule has 1 saturated carbocycles. The van der Waals surface area contributed by atoms with Crippen molar-refractivity contribution in [1.29, 1.82) is 0 Å². The van der Waals surface area contributed by atoms with E-state index in [4.69, 9.17) is 0 Å². The van der Waals surface area contributed by atoms with Crippen molar-refractivity contribution in [1.82, 2.24) is 4.98 Å². The van der Waals surface area contributed by atoms with E-state index < -0.39 is 5.60 Å². The molecular formula is C17H23NO. The molecule has 3 rings (SSSR count). The highest BCUT2D eigenvalue weighted by molar-refractivity contribution is 5.80. The minimum Gasteiger partial charge on any atom is -0.385 e. The first-order chi connectivity index (χ1) is 9.08. The highest BCUT2D eigenvalue weighted by Gasteiger charge is 2.35. The summed E-state index contributed by atoms with van der Waals surface area (Å²) < 4.78 is 0. The third kappa shape index (κ3) is 2.30. The number of aromatic nitrogens is 1. The van der Waals surface area contributed by atoms with E-state index in [1.54, 1.807) is 0 Å². The predicted molar refractivity (Wildman–Crippen MR) is 79.0 cm³/mol. The Labute approximate surface area is 114 Å². The predicted octanol–water partition coefficient (Wildman–Crippen LogP) is 4.20. The van der Waals surface area contributed by atoms with Gasteiger partial charge < -0.3 is 10.1 Å². The van der Waals surface area contributed by atoms with Crippen molar-refractivity contribution >= 4 is 10.9 Å². The molecule has 2 nitrogen and oxygen atoms in total. The minimum absolute atomic E-state index is 0.614. The molecule has 0 atom stereocenters. The van der Waals surface area contributed by atoms with E-state index in [0.29, 0.717) is 0 Å². The van der Waals surface area contributed by atoms with Crippen molar-refractivity contribution in [3.05, 3.63) is 36.0 Å². The number of fused-ring (bicyclic) bond motifs is 1. The SMILES string of the molecule is CC(C)C1CCC(O)(c2ccc3[nH]ccc3c2)CC1. The molecular weight excluding hydrogens is 234 g/mol. The summed E-state index contributed by atoms with van der Waals surface area (Å²) in [5.74, 6) is 1.51. The molecule has 0 spiro atoms. The zero-order chi connectivity index (χ0) is 13.5. The summed E-state index contributed by atoms with van der Waals surface area (Å²) in [6.07, 6.45) is 6.02. The van der Waals surface area contributed by atoms with Crippen molar-refractivity contribution in [2.45, 2.75) is 45.1 Å². The van der Waals surface area contributed by atoms with Crippen LogP contribution in [-0.4, -0.2) is 10.1 Å². The monoisotopic (exact) mass is 257 g/mol. The van der Waals surface area contributed by atoms with Crippen LogP contribution in [0.15, 0.2) is 30.5 Å². The van der Waals surface area contributed by atoms with Crippen molar-refractivity contribution in [3.8, 4) is 0 Å². The third-order valence-electron chi connectivity index (χ3n) is 4.89. The third-order valence-corrected chi connectivity index (χ3v) is 4.89. The van der Waals surface area contributed by atoms with Gasteiger partial charge in [-0.3, -0.25) is 0 Å². The van der Waals surface area contributed by atoms with Crippen molar-refractivity contribution in [2.24, 2.45) is 11.8 Å². The van der Waals surface area contributed by atoms with Crippen LogP contribution in [0.3, 0.4) is 0 Å². The van der Waals surface area contributed by atoms with Crippen molar-refractivity contribution < 1.29 is 5.11 Å². The second kappa shape index (κ2) is 4.68. The molecule has 0 aliphatic heterocycles.